The highest BCUT2D eigenvalue weighted by Crippen LogP contribution is 2.36. The average Bonchev–Trinajstić information content (AvgIpc) is 2.96. The van der Waals surface area contributed by atoms with Crippen molar-refractivity contribution in [1.82, 2.24) is 15.9 Å². The number of hydrazone groups is 1. The molecule has 1 aromatic carbocycles. The molecule has 0 radical (unpaired) electrons. The zero-order valence-electron chi connectivity index (χ0n) is 13.1. The second kappa shape index (κ2) is 5.64. The minimum absolute atomic E-state index is 0.0423. The predicted molar refractivity (Wildman–Crippen MR) is 80.2 cm³/mol. The zero-order chi connectivity index (χ0) is 18.4. The average molecular weight is 360 g/mol. The van der Waals surface area contributed by atoms with Gasteiger partial charge in [-0.15, -0.1) is 0 Å². The molecule has 0 amide bonds. The van der Waals surface area contributed by atoms with Gasteiger partial charge in [0.2, 0.25) is 5.84 Å². The molecule has 0 aromatic heterocycles. The Labute approximate surface area is 139 Å². The van der Waals surface area contributed by atoms with Gasteiger partial charge >= 0.3 is 12.1 Å². The Morgan fingerprint density at radius 1 is 1.12 bits per heavy atom. The molecule has 2 aliphatic rings. The van der Waals surface area contributed by atoms with Crippen molar-refractivity contribution < 1.29 is 26.7 Å². The SMILES string of the molecule is COc1cc(C(F)(F)F)ccc1C1=CC=C2NN=C(C(C)(F)F)N2N1. The molecule has 0 bridgehead atoms. The fourth-order valence-electron chi connectivity index (χ4n) is 2.40. The Bertz CT molecular complexity index is 792. The van der Waals surface area contributed by atoms with E-state index in [1.165, 1.54) is 25.3 Å². The third-order valence-corrected chi connectivity index (χ3v) is 3.58. The maximum absolute atomic E-state index is 13.6. The fourth-order valence-corrected chi connectivity index (χ4v) is 2.40. The summed E-state index contributed by atoms with van der Waals surface area (Å²) in [4.78, 5) is 0. The Balaban J connectivity index is 1.95. The van der Waals surface area contributed by atoms with Crippen molar-refractivity contribution in [3.05, 3.63) is 47.3 Å². The lowest BCUT2D eigenvalue weighted by Crippen LogP contribution is -2.47. The van der Waals surface area contributed by atoms with E-state index in [0.717, 1.165) is 17.1 Å². The summed E-state index contributed by atoms with van der Waals surface area (Å²) < 4.78 is 70.7. The first-order valence-electron chi connectivity index (χ1n) is 7.07. The monoisotopic (exact) mass is 360 g/mol. The lowest BCUT2D eigenvalue weighted by Gasteiger charge is -2.29. The zero-order valence-corrected chi connectivity index (χ0v) is 13.1. The summed E-state index contributed by atoms with van der Waals surface area (Å²) in [6.07, 6.45) is -1.52. The number of benzene rings is 1. The molecule has 3 rings (SSSR count). The van der Waals surface area contributed by atoms with Gasteiger partial charge in [-0.25, -0.2) is 5.01 Å². The summed E-state index contributed by atoms with van der Waals surface area (Å²) in [6.45, 7) is 0.689. The molecule has 0 unspecified atom stereocenters. The molecule has 2 heterocycles. The van der Waals surface area contributed by atoms with Gasteiger partial charge in [0, 0.05) is 12.5 Å². The van der Waals surface area contributed by atoms with Crippen molar-refractivity contribution in [2.45, 2.75) is 19.0 Å². The Hall–Kier alpha value is -2.78. The van der Waals surface area contributed by atoms with Crippen LogP contribution in [0.5, 0.6) is 5.75 Å². The van der Waals surface area contributed by atoms with Crippen molar-refractivity contribution in [2.24, 2.45) is 5.10 Å². The van der Waals surface area contributed by atoms with Crippen LogP contribution in [0.4, 0.5) is 22.0 Å². The number of allylic oxidation sites excluding steroid dienone is 2. The molecule has 134 valence electrons. The van der Waals surface area contributed by atoms with Crippen LogP contribution in [0.15, 0.2) is 41.3 Å². The molecular formula is C15H13F5N4O. The van der Waals surface area contributed by atoms with Crippen LogP contribution >= 0.6 is 0 Å². The van der Waals surface area contributed by atoms with Gasteiger partial charge in [0.05, 0.1) is 18.4 Å². The van der Waals surface area contributed by atoms with E-state index in [4.69, 9.17) is 4.74 Å². The van der Waals surface area contributed by atoms with Gasteiger partial charge in [-0.1, -0.05) is 0 Å². The van der Waals surface area contributed by atoms with Crippen LogP contribution < -0.4 is 15.6 Å². The number of hydrogen-bond acceptors (Lipinski definition) is 5. The van der Waals surface area contributed by atoms with Crippen LogP contribution in [0.3, 0.4) is 0 Å². The van der Waals surface area contributed by atoms with Crippen LogP contribution in [0.25, 0.3) is 5.70 Å². The number of halogens is 5. The summed E-state index contributed by atoms with van der Waals surface area (Å²) in [5.74, 6) is -3.55. The van der Waals surface area contributed by atoms with Crippen molar-refractivity contribution in [3.8, 4) is 5.75 Å². The van der Waals surface area contributed by atoms with E-state index in [9.17, 15) is 22.0 Å². The number of rotatable bonds is 3. The van der Waals surface area contributed by atoms with Crippen molar-refractivity contribution >= 4 is 11.5 Å². The number of fused-ring (bicyclic) bond motifs is 1. The van der Waals surface area contributed by atoms with Gasteiger partial charge in [0.15, 0.2) is 0 Å². The van der Waals surface area contributed by atoms with Gasteiger partial charge in [-0.05, 0) is 30.4 Å². The van der Waals surface area contributed by atoms with Crippen molar-refractivity contribution in [1.29, 1.82) is 0 Å². The smallest absolute Gasteiger partial charge is 0.416 e. The number of amidine groups is 1. The minimum Gasteiger partial charge on any atom is -0.496 e. The third-order valence-electron chi connectivity index (χ3n) is 3.58. The molecule has 0 spiro atoms. The maximum Gasteiger partial charge on any atom is 0.416 e. The van der Waals surface area contributed by atoms with Crippen LogP contribution in [0.2, 0.25) is 0 Å². The molecule has 0 saturated heterocycles. The van der Waals surface area contributed by atoms with Gasteiger partial charge in [-0.2, -0.15) is 27.1 Å². The molecule has 25 heavy (non-hydrogen) atoms. The highest BCUT2D eigenvalue weighted by atomic mass is 19.4. The number of hydrogen-bond donors (Lipinski definition) is 2. The highest BCUT2D eigenvalue weighted by Gasteiger charge is 2.41. The molecule has 0 fully saturated rings. The number of nitrogens with zero attached hydrogens (tertiary/aromatic N) is 2. The van der Waals surface area contributed by atoms with Gasteiger partial charge < -0.3 is 4.74 Å². The Kier molecular flexibility index (Phi) is 3.85. The first-order chi connectivity index (χ1) is 11.6. The largest absolute Gasteiger partial charge is 0.496 e. The molecule has 5 nitrogen and oxygen atoms in total. The van der Waals surface area contributed by atoms with Gasteiger partial charge in [0.25, 0.3) is 0 Å². The van der Waals surface area contributed by atoms with E-state index < -0.39 is 23.5 Å². The number of alkyl halides is 5. The van der Waals surface area contributed by atoms with Crippen LogP contribution in [-0.4, -0.2) is 23.9 Å². The molecule has 1 aromatic rings. The Morgan fingerprint density at radius 2 is 1.84 bits per heavy atom. The molecule has 2 N–H and O–H groups in total. The van der Waals surface area contributed by atoms with Crippen molar-refractivity contribution in [3.63, 3.8) is 0 Å². The van der Waals surface area contributed by atoms with E-state index in [2.05, 4.69) is 16.0 Å². The van der Waals surface area contributed by atoms with Crippen LogP contribution in [0.1, 0.15) is 18.1 Å². The second-order valence-corrected chi connectivity index (χ2v) is 5.43. The number of hydrazine groups is 1. The van der Waals surface area contributed by atoms with Gasteiger partial charge in [-0.3, -0.25) is 10.9 Å². The van der Waals surface area contributed by atoms with E-state index in [1.807, 2.05) is 0 Å². The lowest BCUT2D eigenvalue weighted by atomic mass is 10.1. The van der Waals surface area contributed by atoms with Crippen LogP contribution in [-0.2, 0) is 6.18 Å². The number of nitrogens with one attached hydrogen (secondary N) is 2. The lowest BCUT2D eigenvalue weighted by molar-refractivity contribution is -0.137. The normalized spacial score (nSPS) is 17.1. The minimum atomic E-state index is -4.52. The molecule has 0 saturated carbocycles. The highest BCUT2D eigenvalue weighted by molar-refractivity contribution is 5.92. The van der Waals surface area contributed by atoms with Crippen molar-refractivity contribution in [2.75, 3.05) is 7.11 Å². The van der Waals surface area contributed by atoms with E-state index in [1.54, 1.807) is 0 Å². The quantitative estimate of drug-likeness (QED) is 0.813. The van der Waals surface area contributed by atoms with E-state index >= 15 is 0 Å². The fraction of sp³-hybridized carbons (Fsp3) is 0.267. The predicted octanol–water partition coefficient (Wildman–Crippen LogP) is 3.29. The van der Waals surface area contributed by atoms with E-state index in [0.29, 0.717) is 6.92 Å². The van der Waals surface area contributed by atoms with E-state index in [-0.39, 0.29) is 22.8 Å². The Morgan fingerprint density at radius 3 is 2.44 bits per heavy atom. The first kappa shape index (κ1) is 17.1. The number of methoxy groups -OCH3 is 1. The van der Waals surface area contributed by atoms with Gasteiger partial charge in [0.1, 0.15) is 11.6 Å². The summed E-state index contributed by atoms with van der Waals surface area (Å²) in [5.41, 5.74) is 4.87. The summed E-state index contributed by atoms with van der Waals surface area (Å²) in [6, 6.07) is 2.96. The topological polar surface area (TPSA) is 48.9 Å². The third kappa shape index (κ3) is 3.11. The van der Waals surface area contributed by atoms with Crippen LogP contribution in [0, 0.1) is 0 Å². The molecular weight excluding hydrogens is 347 g/mol. The second-order valence-electron chi connectivity index (χ2n) is 5.43. The first-order valence-corrected chi connectivity index (χ1v) is 7.07. The number of ether oxygens (including phenoxy) is 1. The standard InChI is InChI=1S/C15H13F5N4O/c1-14(16,17)13-22-21-12-6-5-10(23-24(12)13)9-4-3-8(15(18,19)20)7-11(9)25-2/h3-7,21,23H,1-2H3. The molecule has 0 atom stereocenters. The molecule has 10 heteroatoms. The molecule has 2 aliphatic heterocycles. The molecule has 0 aliphatic carbocycles. The summed E-state index contributed by atoms with van der Waals surface area (Å²) in [7, 11) is 1.23. The maximum atomic E-state index is 13.6. The summed E-state index contributed by atoms with van der Waals surface area (Å²) >= 11 is 0. The summed E-state index contributed by atoms with van der Waals surface area (Å²) in [5, 5.41) is 4.60.